The summed E-state index contributed by atoms with van der Waals surface area (Å²) in [5, 5.41) is 6.15. The van der Waals surface area contributed by atoms with E-state index in [1.54, 1.807) is 6.92 Å². The number of nitrogens with one attached hydrogen (secondary N) is 4. The number of rotatable bonds is 5. The first-order valence-electron chi connectivity index (χ1n) is 13.2. The number of anilines is 2. The van der Waals surface area contributed by atoms with Crippen LogP contribution >= 0.6 is 11.6 Å². The van der Waals surface area contributed by atoms with Gasteiger partial charge in [0.1, 0.15) is 0 Å². The second kappa shape index (κ2) is 11.3. The van der Waals surface area contributed by atoms with E-state index < -0.39 is 20.0 Å². The van der Waals surface area contributed by atoms with E-state index in [4.69, 9.17) is 11.6 Å². The zero-order chi connectivity index (χ0) is 27.6. The molecule has 4 aliphatic rings. The third-order valence-electron chi connectivity index (χ3n) is 7.21. The van der Waals surface area contributed by atoms with Crippen molar-refractivity contribution in [3.8, 4) is 0 Å². The molecule has 0 amide bonds. The lowest BCUT2D eigenvalue weighted by Gasteiger charge is -2.30. The SMILES string of the molecule is CCS(=O)(=O)NC1=NC2CCCc3cccc(c32)N1.O=S(=O)(CCCl)NC1=NC2CCCc3cccc(c32)N1. The van der Waals surface area contributed by atoms with Crippen LogP contribution in [0, 0.1) is 0 Å². The maximum absolute atomic E-state index is 11.8. The number of nitrogens with zero attached hydrogens (tertiary/aromatic N) is 2. The minimum Gasteiger partial charge on any atom is -0.325 e. The second-order valence-electron chi connectivity index (χ2n) is 9.89. The molecule has 6 rings (SSSR count). The third-order valence-corrected chi connectivity index (χ3v) is 10.1. The Morgan fingerprint density at radius 2 is 1.31 bits per heavy atom. The summed E-state index contributed by atoms with van der Waals surface area (Å²) < 4.78 is 51.8. The molecule has 2 aliphatic carbocycles. The Labute approximate surface area is 234 Å². The van der Waals surface area contributed by atoms with Crippen LogP contribution in [-0.2, 0) is 32.9 Å². The molecule has 0 fully saturated rings. The van der Waals surface area contributed by atoms with Gasteiger partial charge in [0.2, 0.25) is 32.0 Å². The summed E-state index contributed by atoms with van der Waals surface area (Å²) in [6.45, 7) is 1.61. The van der Waals surface area contributed by atoms with E-state index >= 15 is 0 Å². The van der Waals surface area contributed by atoms with Crippen molar-refractivity contribution in [2.24, 2.45) is 9.98 Å². The van der Waals surface area contributed by atoms with Gasteiger partial charge in [-0.25, -0.2) is 26.8 Å². The third kappa shape index (κ3) is 6.33. The molecule has 2 unspecified atom stereocenters. The van der Waals surface area contributed by atoms with E-state index in [0.717, 1.165) is 49.9 Å². The van der Waals surface area contributed by atoms with Crippen LogP contribution in [0.1, 0.15) is 66.9 Å². The van der Waals surface area contributed by atoms with Crippen LogP contribution in [-0.4, -0.2) is 46.1 Å². The average Bonchev–Trinajstić information content (AvgIpc) is 2.89. The molecular formula is C26H33ClN6O4S2. The standard InChI is InChI=1S/C13H16ClN3O2S.C13H17N3O2S/c14-7-8-20(18,19)17-13-15-10-5-1-3-9-4-2-6-11(16-13)12(9)10;1-2-19(17,18)16-13-14-10-7-3-5-9-6-4-8-11(15-13)12(9)10/h1,3,5,11H,2,4,6-8H2,(H2,15,16,17);3,5,7,11H,2,4,6,8H2,1H3,(H2,14,15,16). The van der Waals surface area contributed by atoms with E-state index in [-0.39, 0.29) is 29.5 Å². The first-order chi connectivity index (χ1) is 18.7. The van der Waals surface area contributed by atoms with Crippen LogP contribution in [0.25, 0.3) is 0 Å². The molecule has 0 radical (unpaired) electrons. The van der Waals surface area contributed by atoms with E-state index in [1.807, 2.05) is 24.3 Å². The molecule has 39 heavy (non-hydrogen) atoms. The Bertz CT molecular complexity index is 1520. The summed E-state index contributed by atoms with van der Waals surface area (Å²) in [6.07, 6.45) is 6.23. The van der Waals surface area contributed by atoms with Gasteiger partial charge in [-0.15, -0.1) is 11.6 Å². The van der Waals surface area contributed by atoms with Gasteiger partial charge in [-0.2, -0.15) is 0 Å². The predicted octanol–water partition coefficient (Wildman–Crippen LogP) is 3.79. The van der Waals surface area contributed by atoms with Crippen molar-refractivity contribution in [1.82, 2.24) is 9.44 Å². The fraction of sp³-hybridized carbons (Fsp3) is 0.462. The number of aryl methyl sites for hydroxylation is 2. The van der Waals surface area contributed by atoms with Crippen molar-refractivity contribution >= 4 is 54.9 Å². The van der Waals surface area contributed by atoms with E-state index in [9.17, 15) is 16.8 Å². The zero-order valence-corrected chi connectivity index (χ0v) is 24.1. The Morgan fingerprint density at radius 1 is 0.821 bits per heavy atom. The minimum absolute atomic E-state index is 0.0462. The maximum atomic E-state index is 11.8. The fourth-order valence-electron chi connectivity index (χ4n) is 5.44. The number of hydrogen-bond acceptors (Lipinski definition) is 8. The van der Waals surface area contributed by atoms with Crippen molar-refractivity contribution < 1.29 is 16.8 Å². The molecule has 0 spiro atoms. The number of benzene rings is 2. The fourth-order valence-corrected chi connectivity index (χ4v) is 7.30. The monoisotopic (exact) mass is 592 g/mol. The van der Waals surface area contributed by atoms with Crippen LogP contribution in [0.3, 0.4) is 0 Å². The largest absolute Gasteiger partial charge is 0.325 e. The summed E-state index contributed by atoms with van der Waals surface area (Å²) in [5.41, 5.74) is 6.99. The first-order valence-corrected chi connectivity index (χ1v) is 17.0. The highest BCUT2D eigenvalue weighted by Crippen LogP contribution is 2.40. The van der Waals surface area contributed by atoms with Crippen molar-refractivity contribution in [3.05, 3.63) is 58.7 Å². The van der Waals surface area contributed by atoms with Gasteiger partial charge < -0.3 is 10.6 Å². The van der Waals surface area contributed by atoms with E-state index in [1.165, 1.54) is 22.3 Å². The molecule has 4 N–H and O–H groups in total. The highest BCUT2D eigenvalue weighted by atomic mass is 35.5. The van der Waals surface area contributed by atoms with Gasteiger partial charge in [0.25, 0.3) is 0 Å². The van der Waals surface area contributed by atoms with Crippen LogP contribution in [0.2, 0.25) is 0 Å². The highest BCUT2D eigenvalue weighted by Gasteiger charge is 2.29. The van der Waals surface area contributed by atoms with Gasteiger partial charge >= 0.3 is 0 Å². The maximum Gasteiger partial charge on any atom is 0.236 e. The van der Waals surface area contributed by atoms with Gasteiger partial charge in [-0.1, -0.05) is 24.3 Å². The molecule has 0 aromatic heterocycles. The van der Waals surface area contributed by atoms with Gasteiger partial charge in [-0.3, -0.25) is 9.44 Å². The summed E-state index contributed by atoms with van der Waals surface area (Å²) in [4.78, 5) is 9.00. The van der Waals surface area contributed by atoms with E-state index in [2.05, 4.69) is 42.2 Å². The molecule has 2 aromatic carbocycles. The van der Waals surface area contributed by atoms with Gasteiger partial charge in [0, 0.05) is 28.4 Å². The second-order valence-corrected chi connectivity index (χ2v) is 14.1. The smallest absolute Gasteiger partial charge is 0.236 e. The molecular weight excluding hydrogens is 560 g/mol. The molecule has 210 valence electrons. The zero-order valence-electron chi connectivity index (χ0n) is 21.7. The molecule has 2 aliphatic heterocycles. The quantitative estimate of drug-likeness (QED) is 0.389. The summed E-state index contributed by atoms with van der Waals surface area (Å²) in [6, 6.07) is 12.3. The van der Waals surface area contributed by atoms with Crippen LogP contribution in [0.5, 0.6) is 0 Å². The number of guanidine groups is 2. The Hall–Kier alpha value is -2.83. The summed E-state index contributed by atoms with van der Waals surface area (Å²) in [5.74, 6) is 0.635. The molecule has 2 atom stereocenters. The molecule has 0 saturated carbocycles. The van der Waals surface area contributed by atoms with Crippen molar-refractivity contribution in [1.29, 1.82) is 0 Å². The predicted molar refractivity (Wildman–Crippen MR) is 157 cm³/mol. The topological polar surface area (TPSA) is 141 Å². The Morgan fingerprint density at radius 3 is 1.77 bits per heavy atom. The van der Waals surface area contributed by atoms with Gasteiger partial charge in [0.15, 0.2) is 0 Å². The molecule has 2 aromatic rings. The highest BCUT2D eigenvalue weighted by molar-refractivity contribution is 7.90. The number of alkyl halides is 1. The number of aliphatic imine (C=N–C) groups is 2. The lowest BCUT2D eigenvalue weighted by Crippen LogP contribution is -2.40. The lowest BCUT2D eigenvalue weighted by atomic mass is 9.86. The Balaban J connectivity index is 0.000000158. The van der Waals surface area contributed by atoms with Gasteiger partial charge in [0.05, 0.1) is 23.6 Å². The average molecular weight is 593 g/mol. The minimum atomic E-state index is -3.43. The van der Waals surface area contributed by atoms with Crippen molar-refractivity contribution in [2.75, 3.05) is 28.0 Å². The van der Waals surface area contributed by atoms with Crippen LogP contribution in [0.15, 0.2) is 46.4 Å². The first kappa shape index (κ1) is 27.7. The normalized spacial score (nSPS) is 20.9. The lowest BCUT2D eigenvalue weighted by molar-refractivity contribution is 0.566. The molecule has 0 bridgehead atoms. The van der Waals surface area contributed by atoms with E-state index in [0.29, 0.717) is 11.9 Å². The van der Waals surface area contributed by atoms with Crippen molar-refractivity contribution in [3.63, 3.8) is 0 Å². The molecule has 2 heterocycles. The molecule has 10 nitrogen and oxygen atoms in total. The number of hydrogen-bond donors (Lipinski definition) is 4. The Kier molecular flexibility index (Phi) is 8.06. The number of sulfonamides is 2. The summed E-state index contributed by atoms with van der Waals surface area (Å²) >= 11 is 5.49. The van der Waals surface area contributed by atoms with Gasteiger partial charge in [-0.05, 0) is 68.7 Å². The van der Waals surface area contributed by atoms with Crippen LogP contribution in [0.4, 0.5) is 11.4 Å². The molecule has 0 saturated heterocycles. The van der Waals surface area contributed by atoms with Crippen molar-refractivity contribution in [2.45, 2.75) is 57.5 Å². The molecule has 13 heteroatoms. The van der Waals surface area contributed by atoms with Crippen LogP contribution < -0.4 is 20.1 Å². The number of halogens is 1. The summed E-state index contributed by atoms with van der Waals surface area (Å²) in [7, 11) is -6.72.